The lowest BCUT2D eigenvalue weighted by Crippen LogP contribution is -2.06. The minimum absolute atomic E-state index is 0.722. The molecule has 17 heavy (non-hydrogen) atoms. The standard InChI is InChI=1S/C11H15S.BF4/c1-2-6-11(7-3-1)10-12-8-4-5-9-12;2-1(3,4)5/h1-3,6-7H,4-5,8-10H2;/q+1;-1. The number of rotatable bonds is 2. The van der Waals surface area contributed by atoms with Crippen LogP contribution in [-0.2, 0) is 16.6 Å². The van der Waals surface area contributed by atoms with Crippen LogP contribution in [0.25, 0.3) is 0 Å². The van der Waals surface area contributed by atoms with Crippen molar-refractivity contribution in [1.29, 1.82) is 0 Å². The third-order valence-electron chi connectivity index (χ3n) is 2.33. The quantitative estimate of drug-likeness (QED) is 0.432. The van der Waals surface area contributed by atoms with Gasteiger partial charge in [-0.2, -0.15) is 0 Å². The molecule has 1 heterocycles. The van der Waals surface area contributed by atoms with Gasteiger partial charge in [-0.05, 0) is 23.7 Å². The third-order valence-corrected chi connectivity index (χ3v) is 4.80. The summed E-state index contributed by atoms with van der Waals surface area (Å²) in [5.41, 5.74) is 1.53. The number of halogens is 4. The highest BCUT2D eigenvalue weighted by molar-refractivity contribution is 7.96. The molecule has 1 saturated heterocycles. The van der Waals surface area contributed by atoms with Gasteiger partial charge in [0, 0.05) is 5.56 Å². The smallest absolute Gasteiger partial charge is 0.418 e. The average Bonchev–Trinajstić information content (AvgIpc) is 2.69. The van der Waals surface area contributed by atoms with Crippen LogP contribution in [0.4, 0.5) is 17.3 Å². The molecule has 0 amide bonds. The van der Waals surface area contributed by atoms with Gasteiger partial charge in [-0.15, -0.1) is 0 Å². The van der Waals surface area contributed by atoms with Crippen molar-refractivity contribution in [2.45, 2.75) is 18.6 Å². The van der Waals surface area contributed by atoms with Crippen molar-refractivity contribution in [2.75, 3.05) is 11.5 Å². The summed E-state index contributed by atoms with van der Waals surface area (Å²) in [6.45, 7) is 0. The summed E-state index contributed by atoms with van der Waals surface area (Å²) in [6.07, 6.45) is 2.94. The van der Waals surface area contributed by atoms with Crippen LogP contribution in [-0.4, -0.2) is 18.8 Å². The van der Waals surface area contributed by atoms with Gasteiger partial charge in [-0.3, -0.25) is 0 Å². The largest absolute Gasteiger partial charge is 0.673 e. The fraction of sp³-hybridized carbons (Fsp3) is 0.455. The Morgan fingerprint density at radius 2 is 1.41 bits per heavy atom. The summed E-state index contributed by atoms with van der Waals surface area (Å²) in [7, 11) is -5.28. The van der Waals surface area contributed by atoms with Gasteiger partial charge in [0.25, 0.3) is 0 Å². The van der Waals surface area contributed by atoms with Crippen molar-refractivity contribution in [3.8, 4) is 0 Å². The van der Waals surface area contributed by atoms with Crippen LogP contribution >= 0.6 is 0 Å². The second-order valence-corrected chi connectivity index (χ2v) is 6.18. The van der Waals surface area contributed by atoms with Crippen LogP contribution < -0.4 is 0 Å². The summed E-state index contributed by atoms with van der Waals surface area (Å²) in [6, 6.07) is 10.9. The molecule has 0 aliphatic carbocycles. The Morgan fingerprint density at radius 1 is 0.941 bits per heavy atom. The van der Waals surface area contributed by atoms with E-state index in [1.165, 1.54) is 35.7 Å². The lowest BCUT2D eigenvalue weighted by atomic mass is 10.2. The number of hydrogen-bond donors (Lipinski definition) is 0. The molecule has 0 aromatic heterocycles. The normalized spacial score (nSPS) is 16.5. The predicted molar refractivity (Wildman–Crippen MR) is 66.7 cm³/mol. The van der Waals surface area contributed by atoms with Gasteiger partial charge in [-0.1, -0.05) is 30.3 Å². The average molecular weight is 266 g/mol. The lowest BCUT2D eigenvalue weighted by molar-refractivity contribution is 0.368. The maximum Gasteiger partial charge on any atom is 0.673 e. The van der Waals surface area contributed by atoms with Gasteiger partial charge in [0.1, 0.15) is 17.3 Å². The van der Waals surface area contributed by atoms with Crippen molar-refractivity contribution < 1.29 is 17.3 Å². The van der Waals surface area contributed by atoms with Crippen molar-refractivity contribution in [1.82, 2.24) is 0 Å². The van der Waals surface area contributed by atoms with E-state index >= 15 is 0 Å². The molecular weight excluding hydrogens is 251 g/mol. The van der Waals surface area contributed by atoms with Crippen LogP contribution in [0, 0.1) is 0 Å². The SMILES string of the molecule is F[B-](F)(F)F.c1ccc(C[S+]2CCCC2)cc1. The highest BCUT2D eigenvalue weighted by Gasteiger charge is 2.23. The Kier molecular flexibility index (Phi) is 5.88. The molecule has 96 valence electrons. The molecule has 0 atom stereocenters. The van der Waals surface area contributed by atoms with Crippen molar-refractivity contribution in [3.63, 3.8) is 0 Å². The molecule has 0 radical (unpaired) electrons. The summed E-state index contributed by atoms with van der Waals surface area (Å²) >= 11 is 0. The fourth-order valence-electron chi connectivity index (χ4n) is 1.67. The van der Waals surface area contributed by atoms with E-state index in [1.54, 1.807) is 0 Å². The zero-order valence-electron chi connectivity index (χ0n) is 9.42. The van der Waals surface area contributed by atoms with Gasteiger partial charge in [0.05, 0.1) is 0 Å². The van der Waals surface area contributed by atoms with E-state index in [2.05, 4.69) is 30.3 Å². The van der Waals surface area contributed by atoms with E-state index in [1.807, 2.05) is 0 Å². The lowest BCUT2D eigenvalue weighted by Gasteiger charge is -1.99. The van der Waals surface area contributed by atoms with Crippen LogP contribution in [0.5, 0.6) is 0 Å². The first kappa shape index (κ1) is 14.4. The van der Waals surface area contributed by atoms with Crippen molar-refractivity contribution in [3.05, 3.63) is 35.9 Å². The maximum absolute atomic E-state index is 9.75. The van der Waals surface area contributed by atoms with Crippen LogP contribution in [0.3, 0.4) is 0 Å². The van der Waals surface area contributed by atoms with Crippen molar-refractivity contribution >= 4 is 18.1 Å². The molecule has 0 saturated carbocycles. The minimum atomic E-state index is -6.00. The Bertz CT molecular complexity index is 303. The first-order valence-corrected chi connectivity index (χ1v) is 7.24. The molecule has 0 unspecified atom stereocenters. The second-order valence-electron chi connectivity index (χ2n) is 3.85. The summed E-state index contributed by atoms with van der Waals surface area (Å²) in [5.74, 6) is 4.30. The first-order valence-electron chi connectivity index (χ1n) is 5.50. The monoisotopic (exact) mass is 266 g/mol. The van der Waals surface area contributed by atoms with Gasteiger partial charge in [0.15, 0.2) is 0 Å². The van der Waals surface area contributed by atoms with Crippen molar-refractivity contribution in [2.24, 2.45) is 0 Å². The Balaban J connectivity index is 0.000000249. The molecule has 1 fully saturated rings. The van der Waals surface area contributed by atoms with Gasteiger partial charge in [0.2, 0.25) is 0 Å². The Hall–Kier alpha value is -0.645. The van der Waals surface area contributed by atoms with E-state index in [0.29, 0.717) is 0 Å². The third kappa shape index (κ3) is 8.13. The summed E-state index contributed by atoms with van der Waals surface area (Å²) in [5, 5.41) is 0. The van der Waals surface area contributed by atoms with E-state index in [0.717, 1.165) is 10.9 Å². The van der Waals surface area contributed by atoms with E-state index in [-0.39, 0.29) is 0 Å². The molecule has 0 nitrogen and oxygen atoms in total. The van der Waals surface area contributed by atoms with E-state index in [4.69, 9.17) is 0 Å². The molecule has 1 aliphatic rings. The molecule has 1 aliphatic heterocycles. The van der Waals surface area contributed by atoms with E-state index in [9.17, 15) is 17.3 Å². The second kappa shape index (κ2) is 6.94. The minimum Gasteiger partial charge on any atom is -0.418 e. The van der Waals surface area contributed by atoms with Gasteiger partial charge < -0.3 is 17.3 Å². The molecule has 0 spiro atoms. The number of hydrogen-bond acceptors (Lipinski definition) is 0. The highest BCUT2D eigenvalue weighted by atomic mass is 32.2. The Labute approximate surface area is 102 Å². The topological polar surface area (TPSA) is 0 Å². The van der Waals surface area contributed by atoms with Crippen LogP contribution in [0.15, 0.2) is 30.3 Å². The van der Waals surface area contributed by atoms with Crippen LogP contribution in [0.2, 0.25) is 0 Å². The van der Waals surface area contributed by atoms with Crippen LogP contribution in [0.1, 0.15) is 18.4 Å². The number of benzene rings is 1. The maximum atomic E-state index is 9.75. The Morgan fingerprint density at radius 3 is 1.88 bits per heavy atom. The molecule has 0 bridgehead atoms. The zero-order valence-corrected chi connectivity index (χ0v) is 10.2. The molecule has 1 aromatic carbocycles. The fourth-order valence-corrected chi connectivity index (χ4v) is 4.05. The first-order chi connectivity index (χ1) is 7.95. The van der Waals surface area contributed by atoms with Gasteiger partial charge in [-0.25, -0.2) is 0 Å². The molecule has 6 heteroatoms. The predicted octanol–water partition coefficient (Wildman–Crippen LogP) is 3.90. The molecular formula is C11H15BF4S. The molecule has 2 rings (SSSR count). The van der Waals surface area contributed by atoms with Gasteiger partial charge >= 0.3 is 7.25 Å². The summed E-state index contributed by atoms with van der Waals surface area (Å²) < 4.78 is 39.0. The highest BCUT2D eigenvalue weighted by Crippen LogP contribution is 2.18. The zero-order chi connectivity index (χ0) is 12.7. The molecule has 1 aromatic rings. The molecule has 0 N–H and O–H groups in total. The van der Waals surface area contributed by atoms with E-state index < -0.39 is 7.25 Å². The summed E-state index contributed by atoms with van der Waals surface area (Å²) in [4.78, 5) is 0.